The summed E-state index contributed by atoms with van der Waals surface area (Å²) in [5.41, 5.74) is 0.450. The molecule has 6 heteroatoms. The normalized spacial score (nSPS) is 11.6. The van der Waals surface area contributed by atoms with Gasteiger partial charge in [-0.1, -0.05) is 42.3 Å². The number of carboxylic acids is 1. The molecule has 30 heavy (non-hydrogen) atoms. The fourth-order valence-corrected chi connectivity index (χ4v) is 4.03. The van der Waals surface area contributed by atoms with Gasteiger partial charge in [0.1, 0.15) is 0 Å². The molecule has 0 aliphatic carbocycles. The lowest BCUT2D eigenvalue weighted by molar-refractivity contribution is -0.132. The summed E-state index contributed by atoms with van der Waals surface area (Å²) >= 11 is 2.81. The van der Waals surface area contributed by atoms with Crippen LogP contribution in [0.3, 0.4) is 0 Å². The maximum Gasteiger partial charge on any atom is 0.336 e. The van der Waals surface area contributed by atoms with Crippen molar-refractivity contribution >= 4 is 41.1 Å². The molecule has 0 saturated heterocycles. The van der Waals surface area contributed by atoms with E-state index < -0.39 is 11.8 Å². The van der Waals surface area contributed by atoms with Gasteiger partial charge in [0.05, 0.1) is 5.57 Å². The summed E-state index contributed by atoms with van der Waals surface area (Å²) in [5.74, 6) is 0.188. The second kappa shape index (κ2) is 11.2. The molecular weight excluding hydrogens is 416 g/mol. The van der Waals surface area contributed by atoms with Gasteiger partial charge < -0.3 is 5.11 Å². The van der Waals surface area contributed by atoms with E-state index in [2.05, 4.69) is 5.92 Å². The fraction of sp³-hybridized carbons (Fsp3) is 0.125. The molecule has 0 fully saturated rings. The van der Waals surface area contributed by atoms with Crippen molar-refractivity contribution in [3.8, 4) is 12.3 Å². The van der Waals surface area contributed by atoms with Crippen LogP contribution in [0.1, 0.15) is 27.1 Å². The van der Waals surface area contributed by atoms with Gasteiger partial charge in [0.25, 0.3) is 0 Å². The Bertz CT molecular complexity index is 1070. The summed E-state index contributed by atoms with van der Waals surface area (Å²) in [4.78, 5) is 39.2. The number of terminal acetylenes is 1. The molecule has 0 saturated carbocycles. The maximum absolute atomic E-state index is 13.1. The number of benzene rings is 2. The molecule has 2 aromatic rings. The summed E-state index contributed by atoms with van der Waals surface area (Å²) in [6.45, 7) is 0. The zero-order valence-corrected chi connectivity index (χ0v) is 18.2. The van der Waals surface area contributed by atoms with E-state index in [1.54, 1.807) is 36.4 Å². The minimum Gasteiger partial charge on any atom is -0.478 e. The number of allylic oxidation sites excluding steroid dienone is 2. The van der Waals surface area contributed by atoms with Gasteiger partial charge in [0, 0.05) is 32.9 Å². The third kappa shape index (κ3) is 5.53. The summed E-state index contributed by atoms with van der Waals surface area (Å²) in [7, 11) is 0. The molecule has 0 unspecified atom stereocenters. The van der Waals surface area contributed by atoms with Crippen molar-refractivity contribution in [2.24, 2.45) is 0 Å². The molecule has 4 nitrogen and oxygen atoms in total. The van der Waals surface area contributed by atoms with Crippen LogP contribution in [0.5, 0.6) is 0 Å². The van der Waals surface area contributed by atoms with Gasteiger partial charge in [-0.3, -0.25) is 9.59 Å². The van der Waals surface area contributed by atoms with Crippen LogP contribution in [0.25, 0.3) is 0 Å². The van der Waals surface area contributed by atoms with Crippen molar-refractivity contribution in [1.82, 2.24) is 0 Å². The van der Waals surface area contributed by atoms with E-state index in [1.807, 2.05) is 24.6 Å². The molecule has 0 aliphatic heterocycles. The highest BCUT2D eigenvalue weighted by molar-refractivity contribution is 7.99. The third-order valence-electron chi connectivity index (χ3n) is 4.24. The molecule has 0 amide bonds. The zero-order valence-electron chi connectivity index (χ0n) is 16.5. The second-order valence-corrected chi connectivity index (χ2v) is 7.70. The largest absolute Gasteiger partial charge is 0.478 e. The molecule has 0 aromatic heterocycles. The van der Waals surface area contributed by atoms with Crippen LogP contribution in [-0.2, 0) is 4.79 Å². The summed E-state index contributed by atoms with van der Waals surface area (Å²) < 4.78 is 0. The standard InChI is InChI=1S/C24H20O4S2/c1-4-9-16(23(26)19-11-6-8-13-22(19)30-3)17(24(27)28)14-15-20(25)18-10-5-7-12-21(18)29-2/h1,5-14H,15H2,2-3H3,(H,27,28)/b16-9+,17-14+. The van der Waals surface area contributed by atoms with Crippen LogP contribution in [0.2, 0.25) is 0 Å². The predicted octanol–water partition coefficient (Wildman–Crippen LogP) is 5.16. The van der Waals surface area contributed by atoms with E-state index in [0.29, 0.717) is 16.0 Å². The van der Waals surface area contributed by atoms with E-state index in [4.69, 9.17) is 6.42 Å². The molecule has 0 radical (unpaired) electrons. The summed E-state index contributed by atoms with van der Waals surface area (Å²) in [6.07, 6.45) is 11.3. The Balaban J connectivity index is 2.44. The van der Waals surface area contributed by atoms with Gasteiger partial charge in [-0.15, -0.1) is 29.9 Å². The van der Waals surface area contributed by atoms with Crippen molar-refractivity contribution in [1.29, 1.82) is 0 Å². The summed E-state index contributed by atoms with van der Waals surface area (Å²) in [5, 5.41) is 9.73. The van der Waals surface area contributed by atoms with Gasteiger partial charge in [-0.25, -0.2) is 4.79 Å². The lowest BCUT2D eigenvalue weighted by Gasteiger charge is -2.10. The Labute approximate surface area is 184 Å². The van der Waals surface area contributed by atoms with Crippen LogP contribution in [0.15, 0.2) is 81.6 Å². The lowest BCUT2D eigenvalue weighted by atomic mass is 9.94. The number of hydrogen-bond donors (Lipinski definition) is 1. The van der Waals surface area contributed by atoms with E-state index >= 15 is 0 Å². The highest BCUT2D eigenvalue weighted by atomic mass is 32.2. The van der Waals surface area contributed by atoms with Crippen molar-refractivity contribution in [3.63, 3.8) is 0 Å². The highest BCUT2D eigenvalue weighted by Crippen LogP contribution is 2.26. The van der Waals surface area contributed by atoms with E-state index in [0.717, 1.165) is 11.0 Å². The molecule has 0 bridgehead atoms. The number of carbonyl (C=O) groups is 3. The first-order chi connectivity index (χ1) is 14.4. The zero-order chi connectivity index (χ0) is 22.1. The fourth-order valence-electron chi connectivity index (χ4n) is 2.82. The van der Waals surface area contributed by atoms with Crippen LogP contribution in [0, 0.1) is 12.3 Å². The smallest absolute Gasteiger partial charge is 0.336 e. The molecular formula is C24H20O4S2. The van der Waals surface area contributed by atoms with Crippen LogP contribution >= 0.6 is 23.5 Å². The van der Waals surface area contributed by atoms with Gasteiger partial charge in [-0.05, 0) is 36.8 Å². The minimum atomic E-state index is -1.32. The number of ketones is 2. The minimum absolute atomic E-state index is 0.127. The first-order valence-corrected chi connectivity index (χ1v) is 11.3. The average molecular weight is 437 g/mol. The van der Waals surface area contributed by atoms with Gasteiger partial charge in [0.2, 0.25) is 0 Å². The van der Waals surface area contributed by atoms with E-state index in [-0.39, 0.29) is 23.4 Å². The van der Waals surface area contributed by atoms with Crippen molar-refractivity contribution in [2.75, 3.05) is 12.5 Å². The maximum atomic E-state index is 13.1. The Morgan fingerprint density at radius 1 is 0.933 bits per heavy atom. The molecule has 152 valence electrons. The van der Waals surface area contributed by atoms with Crippen molar-refractivity contribution < 1.29 is 19.5 Å². The number of hydrogen-bond acceptors (Lipinski definition) is 5. The number of thioether (sulfide) groups is 2. The topological polar surface area (TPSA) is 71.4 Å². The number of rotatable bonds is 9. The van der Waals surface area contributed by atoms with Crippen LogP contribution in [0.4, 0.5) is 0 Å². The highest BCUT2D eigenvalue weighted by Gasteiger charge is 2.23. The van der Waals surface area contributed by atoms with Crippen LogP contribution < -0.4 is 0 Å². The molecule has 2 aromatic carbocycles. The van der Waals surface area contributed by atoms with E-state index in [9.17, 15) is 19.5 Å². The Morgan fingerprint density at radius 3 is 2.00 bits per heavy atom. The Morgan fingerprint density at radius 2 is 1.47 bits per heavy atom. The van der Waals surface area contributed by atoms with Crippen molar-refractivity contribution in [2.45, 2.75) is 16.2 Å². The Hall–Kier alpha value is -3.01. The molecule has 0 spiro atoms. The first kappa shape index (κ1) is 23.3. The van der Waals surface area contributed by atoms with Crippen molar-refractivity contribution in [3.05, 3.63) is 83.0 Å². The SMILES string of the molecule is C#C/C=C(C(=O)c1ccccc1SC)\C(=C/CC(=O)c1ccccc1SC)C(=O)O. The summed E-state index contributed by atoms with van der Waals surface area (Å²) in [6, 6.07) is 14.0. The average Bonchev–Trinajstić information content (AvgIpc) is 2.77. The van der Waals surface area contributed by atoms with Crippen LogP contribution in [-0.4, -0.2) is 35.2 Å². The Kier molecular flexibility index (Phi) is 8.72. The quantitative estimate of drug-likeness (QED) is 0.193. The first-order valence-electron chi connectivity index (χ1n) is 8.88. The number of aliphatic carboxylic acids is 1. The molecule has 2 rings (SSSR count). The predicted molar refractivity (Wildman–Crippen MR) is 122 cm³/mol. The van der Waals surface area contributed by atoms with Gasteiger partial charge >= 0.3 is 5.97 Å². The molecule has 0 aliphatic rings. The van der Waals surface area contributed by atoms with Gasteiger partial charge in [-0.2, -0.15) is 0 Å². The number of Topliss-reactive ketones (excluding diaryl/α,β-unsaturated/α-hetero) is 2. The van der Waals surface area contributed by atoms with Gasteiger partial charge in [0.15, 0.2) is 11.6 Å². The third-order valence-corrected chi connectivity index (χ3v) is 5.84. The van der Waals surface area contributed by atoms with E-state index in [1.165, 1.54) is 29.6 Å². The molecule has 0 atom stereocenters. The lowest BCUT2D eigenvalue weighted by Crippen LogP contribution is -2.14. The second-order valence-electron chi connectivity index (χ2n) is 6.00. The number of carbonyl (C=O) groups excluding carboxylic acids is 2. The monoisotopic (exact) mass is 436 g/mol. The number of carboxylic acid groups (broad SMARTS) is 1. The molecule has 1 N–H and O–H groups in total. The molecule has 0 heterocycles.